The minimum absolute atomic E-state index is 0.285. The van der Waals surface area contributed by atoms with E-state index in [0.29, 0.717) is 19.3 Å². The van der Waals surface area contributed by atoms with Crippen LogP contribution < -0.4 is 10.6 Å². The maximum Gasteiger partial charge on any atom is 0.319 e. The molecular formula is C13H14F2N2O3. The zero-order valence-electron chi connectivity index (χ0n) is 10.5. The van der Waals surface area contributed by atoms with Gasteiger partial charge in [-0.1, -0.05) is 12.5 Å². The molecule has 2 unspecified atom stereocenters. The molecule has 2 rings (SSSR count). The van der Waals surface area contributed by atoms with Crippen molar-refractivity contribution in [2.24, 2.45) is 5.92 Å². The Morgan fingerprint density at radius 1 is 1.25 bits per heavy atom. The number of urea groups is 1. The number of carbonyl (C=O) groups excluding carboxylic acids is 1. The minimum atomic E-state index is -1.15. The normalized spacial score (nSPS) is 21.5. The van der Waals surface area contributed by atoms with Crippen LogP contribution in [0.5, 0.6) is 0 Å². The Kier molecular flexibility index (Phi) is 4.16. The van der Waals surface area contributed by atoms with E-state index in [1.54, 1.807) is 0 Å². The lowest BCUT2D eigenvalue weighted by Crippen LogP contribution is -2.42. The van der Waals surface area contributed by atoms with Gasteiger partial charge in [-0.05, 0) is 25.0 Å². The van der Waals surface area contributed by atoms with Gasteiger partial charge in [0.25, 0.3) is 0 Å². The Bertz CT molecular complexity index is 536. The Morgan fingerprint density at radius 3 is 2.70 bits per heavy atom. The number of carboxylic acids is 1. The molecular weight excluding hydrogens is 270 g/mol. The van der Waals surface area contributed by atoms with Crippen LogP contribution in [0.3, 0.4) is 0 Å². The standard InChI is InChI=1S/C13H14F2N2O3/c14-8-4-2-6-10(11(8)15)17-13(20)16-9-5-1-3-7(9)12(18)19/h2,4,6-7,9H,1,3,5H2,(H,18,19)(H2,16,17,20). The van der Waals surface area contributed by atoms with Crippen molar-refractivity contribution >= 4 is 17.7 Å². The molecule has 0 bridgehead atoms. The summed E-state index contributed by atoms with van der Waals surface area (Å²) in [7, 11) is 0. The number of nitrogens with one attached hydrogen (secondary N) is 2. The van der Waals surface area contributed by atoms with Crippen molar-refractivity contribution in [1.29, 1.82) is 0 Å². The van der Waals surface area contributed by atoms with Crippen molar-refractivity contribution in [3.05, 3.63) is 29.8 Å². The van der Waals surface area contributed by atoms with Crippen LogP contribution in [-0.4, -0.2) is 23.1 Å². The van der Waals surface area contributed by atoms with E-state index >= 15 is 0 Å². The van der Waals surface area contributed by atoms with Crippen LogP contribution >= 0.6 is 0 Å². The molecule has 3 N–H and O–H groups in total. The molecule has 5 nitrogen and oxygen atoms in total. The van der Waals surface area contributed by atoms with Gasteiger partial charge in [-0.3, -0.25) is 4.79 Å². The maximum atomic E-state index is 13.4. The predicted molar refractivity (Wildman–Crippen MR) is 67.3 cm³/mol. The molecule has 7 heteroatoms. The molecule has 2 atom stereocenters. The monoisotopic (exact) mass is 284 g/mol. The van der Waals surface area contributed by atoms with Crippen LogP contribution in [0.1, 0.15) is 19.3 Å². The highest BCUT2D eigenvalue weighted by Crippen LogP contribution is 2.26. The quantitative estimate of drug-likeness (QED) is 0.797. The van der Waals surface area contributed by atoms with Gasteiger partial charge in [-0.25, -0.2) is 13.6 Å². The van der Waals surface area contributed by atoms with E-state index in [4.69, 9.17) is 5.11 Å². The zero-order valence-corrected chi connectivity index (χ0v) is 10.5. The molecule has 0 spiro atoms. The maximum absolute atomic E-state index is 13.4. The number of amides is 2. The van der Waals surface area contributed by atoms with Gasteiger partial charge >= 0.3 is 12.0 Å². The van der Waals surface area contributed by atoms with E-state index in [9.17, 15) is 18.4 Å². The summed E-state index contributed by atoms with van der Waals surface area (Å²) < 4.78 is 26.3. The van der Waals surface area contributed by atoms with E-state index < -0.39 is 35.6 Å². The highest BCUT2D eigenvalue weighted by atomic mass is 19.2. The highest BCUT2D eigenvalue weighted by Gasteiger charge is 2.33. The second kappa shape index (κ2) is 5.85. The van der Waals surface area contributed by atoms with Crippen molar-refractivity contribution in [3.8, 4) is 0 Å². The molecule has 1 aliphatic carbocycles. The molecule has 1 aromatic rings. The Morgan fingerprint density at radius 2 is 2.00 bits per heavy atom. The lowest BCUT2D eigenvalue weighted by Gasteiger charge is -2.18. The van der Waals surface area contributed by atoms with Gasteiger partial charge in [0.1, 0.15) is 0 Å². The molecule has 1 aromatic carbocycles. The summed E-state index contributed by atoms with van der Waals surface area (Å²) >= 11 is 0. The van der Waals surface area contributed by atoms with Gasteiger partial charge in [0, 0.05) is 6.04 Å². The molecule has 2 amide bonds. The van der Waals surface area contributed by atoms with Crippen LogP contribution in [0.25, 0.3) is 0 Å². The molecule has 0 aromatic heterocycles. The van der Waals surface area contributed by atoms with Crippen molar-refractivity contribution in [1.82, 2.24) is 5.32 Å². The summed E-state index contributed by atoms with van der Waals surface area (Å²) in [5.74, 6) is -3.82. The Balaban J connectivity index is 1.99. The number of carbonyl (C=O) groups is 2. The van der Waals surface area contributed by atoms with Gasteiger partial charge in [0.15, 0.2) is 11.6 Å². The second-order valence-electron chi connectivity index (χ2n) is 4.68. The van der Waals surface area contributed by atoms with E-state index in [1.165, 1.54) is 12.1 Å². The summed E-state index contributed by atoms with van der Waals surface area (Å²) in [5.41, 5.74) is -0.285. The number of hydrogen-bond acceptors (Lipinski definition) is 2. The molecule has 0 saturated heterocycles. The van der Waals surface area contributed by atoms with E-state index in [0.717, 1.165) is 6.07 Å². The molecule has 1 fully saturated rings. The fraction of sp³-hybridized carbons (Fsp3) is 0.385. The SMILES string of the molecule is O=C(Nc1cccc(F)c1F)NC1CCCC1C(=O)O. The van der Waals surface area contributed by atoms with Gasteiger partial charge in [-0.2, -0.15) is 0 Å². The molecule has 0 radical (unpaired) electrons. The van der Waals surface area contributed by atoms with E-state index in [-0.39, 0.29) is 5.69 Å². The van der Waals surface area contributed by atoms with E-state index in [2.05, 4.69) is 10.6 Å². The molecule has 108 valence electrons. The number of aliphatic carboxylic acids is 1. The minimum Gasteiger partial charge on any atom is -0.481 e. The number of carboxylic acid groups (broad SMARTS) is 1. The van der Waals surface area contributed by atoms with Gasteiger partial charge in [0.2, 0.25) is 0 Å². The predicted octanol–water partition coefficient (Wildman–Crippen LogP) is 2.34. The summed E-state index contributed by atoms with van der Waals surface area (Å²) in [4.78, 5) is 22.7. The van der Waals surface area contributed by atoms with Crippen LogP contribution in [-0.2, 0) is 4.79 Å². The van der Waals surface area contributed by atoms with E-state index in [1.807, 2.05) is 0 Å². The fourth-order valence-electron chi connectivity index (χ4n) is 2.36. The molecule has 20 heavy (non-hydrogen) atoms. The van der Waals surface area contributed by atoms with Gasteiger partial charge < -0.3 is 15.7 Å². The van der Waals surface area contributed by atoms with Crippen LogP contribution in [0.15, 0.2) is 18.2 Å². The highest BCUT2D eigenvalue weighted by molar-refractivity contribution is 5.90. The Hall–Kier alpha value is -2.18. The van der Waals surface area contributed by atoms with Crippen molar-refractivity contribution in [2.45, 2.75) is 25.3 Å². The lowest BCUT2D eigenvalue weighted by atomic mass is 10.0. The second-order valence-corrected chi connectivity index (χ2v) is 4.68. The average Bonchev–Trinajstić information content (AvgIpc) is 2.83. The number of anilines is 1. The molecule has 0 aliphatic heterocycles. The third kappa shape index (κ3) is 3.04. The number of halogens is 2. The van der Waals surface area contributed by atoms with Crippen LogP contribution in [0.4, 0.5) is 19.3 Å². The third-order valence-corrected chi connectivity index (χ3v) is 3.35. The van der Waals surface area contributed by atoms with Crippen molar-refractivity contribution in [3.63, 3.8) is 0 Å². The number of hydrogen-bond donors (Lipinski definition) is 3. The zero-order chi connectivity index (χ0) is 14.7. The summed E-state index contributed by atoms with van der Waals surface area (Å²) in [6.07, 6.45) is 1.75. The largest absolute Gasteiger partial charge is 0.481 e. The first-order valence-electron chi connectivity index (χ1n) is 6.23. The lowest BCUT2D eigenvalue weighted by molar-refractivity contribution is -0.142. The van der Waals surface area contributed by atoms with Crippen LogP contribution in [0, 0.1) is 17.6 Å². The molecule has 1 aliphatic rings. The topological polar surface area (TPSA) is 78.4 Å². The average molecular weight is 284 g/mol. The van der Waals surface area contributed by atoms with Crippen molar-refractivity contribution < 1.29 is 23.5 Å². The first-order chi connectivity index (χ1) is 9.49. The molecule has 0 heterocycles. The molecule has 1 saturated carbocycles. The van der Waals surface area contributed by atoms with Crippen LogP contribution in [0.2, 0.25) is 0 Å². The number of rotatable bonds is 3. The first-order valence-corrected chi connectivity index (χ1v) is 6.23. The first kappa shape index (κ1) is 14.2. The Labute approximate surface area is 114 Å². The smallest absolute Gasteiger partial charge is 0.319 e. The van der Waals surface area contributed by atoms with Gasteiger partial charge in [-0.15, -0.1) is 0 Å². The van der Waals surface area contributed by atoms with Gasteiger partial charge in [0.05, 0.1) is 11.6 Å². The fourth-order valence-corrected chi connectivity index (χ4v) is 2.36. The summed E-state index contributed by atoms with van der Waals surface area (Å²) in [5, 5.41) is 13.7. The van der Waals surface area contributed by atoms with Crippen molar-refractivity contribution in [2.75, 3.05) is 5.32 Å². The summed E-state index contributed by atoms with van der Waals surface area (Å²) in [6.45, 7) is 0. The summed E-state index contributed by atoms with van der Waals surface area (Å²) in [6, 6.07) is 2.19. The third-order valence-electron chi connectivity index (χ3n) is 3.35. The number of benzene rings is 1.